The first-order valence-corrected chi connectivity index (χ1v) is 17.3. The van der Waals surface area contributed by atoms with E-state index in [9.17, 15) is 0 Å². The summed E-state index contributed by atoms with van der Waals surface area (Å²) in [7, 11) is 0. The molecule has 0 N–H and O–H groups in total. The highest BCUT2D eigenvalue weighted by molar-refractivity contribution is 7.26. The highest BCUT2D eigenvalue weighted by atomic mass is 32.1. The molecule has 4 aliphatic rings. The van der Waals surface area contributed by atoms with E-state index in [0.717, 1.165) is 0 Å². The minimum absolute atomic E-state index is 0.0544. The third-order valence-electron chi connectivity index (χ3n) is 11.8. The number of nitrogens with zero attached hydrogens (tertiary/aromatic N) is 2. The lowest BCUT2D eigenvalue weighted by molar-refractivity contribution is 0.195. The van der Waals surface area contributed by atoms with Crippen molar-refractivity contribution in [1.29, 1.82) is 0 Å². The van der Waals surface area contributed by atoms with E-state index in [1.165, 1.54) is 96.6 Å². The quantitative estimate of drug-likeness (QED) is 0.176. The Labute approximate surface area is 266 Å². The molecule has 2 unspecified atom stereocenters. The largest absolute Gasteiger partial charge is 0.335 e. The monoisotopic (exact) mass is 592 g/mol. The number of hydrogen-bond acceptors (Lipinski definition) is 3. The zero-order valence-electron chi connectivity index (χ0n) is 27.1. The normalized spacial score (nSPS) is 23.0. The minimum atomic E-state index is 0.0544. The lowest BCUT2D eigenvalue weighted by Crippen LogP contribution is -2.64. The first-order valence-electron chi connectivity index (χ1n) is 16.5. The predicted molar refractivity (Wildman–Crippen MR) is 192 cm³/mol. The standard InChI is InChI=1S/C40H41BN2S/c1-24-20-29-36-30(21-24)41-34-28-12-8-9-13-33(28)44-37(34)42(27-16-14-26(15-17-27)38(3,4)5)31-22-25(2)23-32(35(31)41)43(36)40(7)19-11-10-18-39(29,40)6/h8-9,12-17,20-23H,10-11,18-19H2,1-7H3. The molecule has 0 radical (unpaired) electrons. The van der Waals surface area contributed by atoms with Crippen molar-refractivity contribution < 1.29 is 0 Å². The van der Waals surface area contributed by atoms with Gasteiger partial charge in [-0.2, -0.15) is 0 Å². The van der Waals surface area contributed by atoms with Crippen molar-refractivity contribution in [3.63, 3.8) is 0 Å². The van der Waals surface area contributed by atoms with E-state index in [1.54, 1.807) is 5.56 Å². The predicted octanol–water partition coefficient (Wildman–Crippen LogP) is 9.17. The number of benzene rings is 4. The third-order valence-corrected chi connectivity index (χ3v) is 13.0. The number of thiophene rings is 1. The average Bonchev–Trinajstić information content (AvgIpc) is 3.46. The maximum Gasteiger partial charge on any atom is 0.254 e. The fraction of sp³-hybridized carbons (Fsp3) is 0.350. The lowest BCUT2D eigenvalue weighted by Gasteiger charge is -2.52. The van der Waals surface area contributed by atoms with Gasteiger partial charge in [0.2, 0.25) is 0 Å². The van der Waals surface area contributed by atoms with Crippen LogP contribution in [0.25, 0.3) is 10.1 Å². The zero-order chi connectivity index (χ0) is 30.3. The minimum Gasteiger partial charge on any atom is -0.335 e. The Bertz CT molecular complexity index is 2030. The molecular formula is C40H41BN2S. The van der Waals surface area contributed by atoms with Crippen LogP contribution in [0.2, 0.25) is 0 Å². The Balaban J connectivity index is 1.41. The molecule has 1 aliphatic carbocycles. The van der Waals surface area contributed by atoms with Crippen LogP contribution in [0.5, 0.6) is 0 Å². The molecule has 5 aromatic rings. The Morgan fingerprint density at radius 3 is 2.27 bits per heavy atom. The SMILES string of the molecule is Cc1cc2c3c(c1)N1c4c(cc(C)cc4C4(C)CCCCC14C)B3c1c(sc3ccccc13)N2c1ccc(C(C)(C)C)cc1. The summed E-state index contributed by atoms with van der Waals surface area (Å²) in [6, 6.07) is 28.6. The molecule has 1 fully saturated rings. The van der Waals surface area contributed by atoms with Gasteiger partial charge in [0.15, 0.2) is 0 Å². The molecule has 1 aromatic heterocycles. The second kappa shape index (κ2) is 8.60. The van der Waals surface area contributed by atoms with Crippen molar-refractivity contribution in [2.24, 2.45) is 0 Å². The van der Waals surface area contributed by atoms with Gasteiger partial charge in [0.05, 0.1) is 10.5 Å². The van der Waals surface area contributed by atoms with Crippen LogP contribution in [0.4, 0.5) is 27.8 Å². The molecular weight excluding hydrogens is 551 g/mol. The molecule has 220 valence electrons. The molecule has 0 spiro atoms. The molecule has 44 heavy (non-hydrogen) atoms. The van der Waals surface area contributed by atoms with Crippen molar-refractivity contribution in [2.45, 2.75) is 90.5 Å². The fourth-order valence-electron chi connectivity index (χ4n) is 9.46. The van der Waals surface area contributed by atoms with Crippen LogP contribution < -0.4 is 26.2 Å². The van der Waals surface area contributed by atoms with Crippen LogP contribution in [0.1, 0.15) is 82.6 Å². The van der Waals surface area contributed by atoms with Gasteiger partial charge in [0, 0.05) is 32.9 Å². The van der Waals surface area contributed by atoms with Crippen LogP contribution in [0, 0.1) is 13.8 Å². The van der Waals surface area contributed by atoms with Crippen LogP contribution in [-0.4, -0.2) is 12.3 Å². The first kappa shape index (κ1) is 26.9. The maximum atomic E-state index is 2.85. The number of anilines is 5. The molecule has 1 saturated carbocycles. The smallest absolute Gasteiger partial charge is 0.254 e. The van der Waals surface area contributed by atoms with Crippen LogP contribution in [0.15, 0.2) is 72.8 Å². The second-order valence-corrected chi connectivity index (χ2v) is 16.5. The highest BCUT2D eigenvalue weighted by Gasteiger charge is 2.61. The van der Waals surface area contributed by atoms with Gasteiger partial charge in [-0.15, -0.1) is 11.3 Å². The summed E-state index contributed by atoms with van der Waals surface area (Å²) < 4.78 is 1.37. The van der Waals surface area contributed by atoms with Crippen molar-refractivity contribution in [2.75, 3.05) is 9.80 Å². The van der Waals surface area contributed by atoms with Gasteiger partial charge in [-0.3, -0.25) is 0 Å². The summed E-state index contributed by atoms with van der Waals surface area (Å²) in [6.45, 7) is 16.9. The van der Waals surface area contributed by atoms with E-state index in [-0.39, 0.29) is 23.1 Å². The highest BCUT2D eigenvalue weighted by Crippen LogP contribution is 2.62. The van der Waals surface area contributed by atoms with E-state index >= 15 is 0 Å². The lowest BCUT2D eigenvalue weighted by atomic mass is 9.33. The van der Waals surface area contributed by atoms with Gasteiger partial charge in [-0.25, -0.2) is 0 Å². The Morgan fingerprint density at radius 2 is 1.50 bits per heavy atom. The van der Waals surface area contributed by atoms with E-state index in [2.05, 4.69) is 131 Å². The van der Waals surface area contributed by atoms with Crippen molar-refractivity contribution in [1.82, 2.24) is 0 Å². The molecule has 2 nitrogen and oxygen atoms in total. The molecule has 2 atom stereocenters. The van der Waals surface area contributed by atoms with Gasteiger partial charge in [0.25, 0.3) is 6.71 Å². The molecule has 4 heterocycles. The summed E-state index contributed by atoms with van der Waals surface area (Å²) in [4.78, 5) is 5.45. The van der Waals surface area contributed by atoms with Crippen molar-refractivity contribution >= 4 is 72.3 Å². The van der Waals surface area contributed by atoms with E-state index in [0.29, 0.717) is 0 Å². The Morgan fingerprint density at radius 1 is 0.795 bits per heavy atom. The number of fused-ring (bicyclic) bond motifs is 9. The number of hydrogen-bond donors (Lipinski definition) is 0. The van der Waals surface area contributed by atoms with Crippen LogP contribution in [-0.2, 0) is 10.8 Å². The van der Waals surface area contributed by atoms with E-state index in [1.807, 2.05) is 11.3 Å². The summed E-state index contributed by atoms with van der Waals surface area (Å²) >= 11 is 1.96. The molecule has 3 aliphatic heterocycles. The van der Waals surface area contributed by atoms with Gasteiger partial charge >= 0.3 is 0 Å². The summed E-state index contributed by atoms with van der Waals surface area (Å²) in [6.07, 6.45) is 5.10. The Kier molecular flexibility index (Phi) is 5.25. The molecule has 9 rings (SSSR count). The molecule has 4 heteroatoms. The molecule has 0 saturated heterocycles. The van der Waals surface area contributed by atoms with E-state index < -0.39 is 0 Å². The van der Waals surface area contributed by atoms with E-state index in [4.69, 9.17) is 0 Å². The average molecular weight is 593 g/mol. The number of aryl methyl sites for hydroxylation is 2. The summed E-state index contributed by atoms with van der Waals surface area (Å²) in [5, 5.41) is 2.78. The van der Waals surface area contributed by atoms with Gasteiger partial charge in [0.1, 0.15) is 0 Å². The fourth-order valence-corrected chi connectivity index (χ4v) is 10.7. The number of rotatable bonds is 1. The van der Waals surface area contributed by atoms with Gasteiger partial charge in [-0.05, 0) is 108 Å². The Hall–Kier alpha value is -3.50. The molecule has 4 aromatic carbocycles. The summed E-state index contributed by atoms with van der Waals surface area (Å²) in [5.74, 6) is 0. The molecule has 0 amide bonds. The molecule has 0 bridgehead atoms. The second-order valence-electron chi connectivity index (χ2n) is 15.5. The zero-order valence-corrected chi connectivity index (χ0v) is 28.0. The third kappa shape index (κ3) is 3.23. The van der Waals surface area contributed by atoms with Gasteiger partial charge in [-0.1, -0.05) is 88.6 Å². The summed E-state index contributed by atoms with van der Waals surface area (Å²) in [5.41, 5.74) is 16.1. The van der Waals surface area contributed by atoms with Crippen LogP contribution >= 0.6 is 11.3 Å². The maximum absolute atomic E-state index is 2.85. The first-order chi connectivity index (χ1) is 21.0. The van der Waals surface area contributed by atoms with Crippen molar-refractivity contribution in [3.8, 4) is 0 Å². The van der Waals surface area contributed by atoms with Gasteiger partial charge < -0.3 is 9.80 Å². The van der Waals surface area contributed by atoms with Crippen LogP contribution in [0.3, 0.4) is 0 Å². The topological polar surface area (TPSA) is 6.48 Å². The van der Waals surface area contributed by atoms with Crippen molar-refractivity contribution in [3.05, 3.63) is 95.1 Å².